The van der Waals surface area contributed by atoms with Gasteiger partial charge in [0.25, 0.3) is 5.92 Å². The number of nitrogens with zero attached hydrogens (tertiary/aromatic N) is 4. The molecule has 1 amide bonds. The Morgan fingerprint density at radius 1 is 0.974 bits per heavy atom. The van der Waals surface area contributed by atoms with Gasteiger partial charge in [-0.2, -0.15) is 5.10 Å². The van der Waals surface area contributed by atoms with Gasteiger partial charge in [-0.25, -0.2) is 13.5 Å². The second-order valence-electron chi connectivity index (χ2n) is 10.5. The number of hydrogen-bond acceptors (Lipinski definition) is 4. The van der Waals surface area contributed by atoms with E-state index >= 15 is 0 Å². The van der Waals surface area contributed by atoms with Gasteiger partial charge in [0.05, 0.1) is 30.0 Å². The normalized spacial score (nSPS) is 21.2. The summed E-state index contributed by atoms with van der Waals surface area (Å²) in [6.07, 6.45) is 8.31. The molecule has 1 saturated carbocycles. The second-order valence-corrected chi connectivity index (χ2v) is 10.5. The van der Waals surface area contributed by atoms with Crippen LogP contribution in [0.5, 0.6) is 0 Å². The number of anilines is 1. The highest BCUT2D eigenvalue weighted by atomic mass is 19.3. The highest BCUT2D eigenvalue weighted by Crippen LogP contribution is 2.40. The first kappa shape index (κ1) is 24.7. The summed E-state index contributed by atoms with van der Waals surface area (Å²) in [5.74, 6) is -2.23. The van der Waals surface area contributed by atoms with Crippen molar-refractivity contribution in [3.8, 4) is 5.69 Å². The van der Waals surface area contributed by atoms with E-state index in [0.717, 1.165) is 59.2 Å². The van der Waals surface area contributed by atoms with Crippen LogP contribution in [0.25, 0.3) is 16.6 Å². The molecule has 2 fully saturated rings. The lowest BCUT2D eigenvalue weighted by Crippen LogP contribution is -2.60. The van der Waals surface area contributed by atoms with Crippen LogP contribution in [0, 0.1) is 0 Å². The maximum absolute atomic E-state index is 13.3. The molecule has 0 unspecified atom stereocenters. The van der Waals surface area contributed by atoms with Gasteiger partial charge in [-0.05, 0) is 74.1 Å². The molecule has 0 spiro atoms. The van der Waals surface area contributed by atoms with Crippen LogP contribution in [0.15, 0.2) is 73.1 Å². The molecule has 2 aromatic carbocycles. The summed E-state index contributed by atoms with van der Waals surface area (Å²) in [4.78, 5) is 18.5. The third-order valence-electron chi connectivity index (χ3n) is 7.84. The van der Waals surface area contributed by atoms with Crippen LogP contribution in [-0.4, -0.2) is 50.6 Å². The summed E-state index contributed by atoms with van der Waals surface area (Å²) < 4.78 is 28.6. The zero-order valence-corrected chi connectivity index (χ0v) is 21.2. The molecular weight excluding hydrogens is 484 g/mol. The van der Waals surface area contributed by atoms with Crippen LogP contribution in [0.1, 0.15) is 49.3 Å². The van der Waals surface area contributed by atoms with Crippen molar-refractivity contribution in [1.82, 2.24) is 19.7 Å². The van der Waals surface area contributed by atoms with Crippen molar-refractivity contribution >= 4 is 22.5 Å². The fourth-order valence-corrected chi connectivity index (χ4v) is 5.82. The predicted molar refractivity (Wildman–Crippen MR) is 144 cm³/mol. The summed E-state index contributed by atoms with van der Waals surface area (Å²) in [6, 6.07) is 20.1. The van der Waals surface area contributed by atoms with Crippen molar-refractivity contribution < 1.29 is 13.6 Å². The number of pyridine rings is 1. The minimum absolute atomic E-state index is 0.0361. The molecule has 6 nitrogen and oxygen atoms in total. The number of nitrogens with one attached hydrogen (secondary N) is 1. The van der Waals surface area contributed by atoms with E-state index in [2.05, 4.69) is 22.4 Å². The Balaban J connectivity index is 1.13. The number of amides is 1. The van der Waals surface area contributed by atoms with Crippen molar-refractivity contribution in [3.63, 3.8) is 0 Å². The van der Waals surface area contributed by atoms with E-state index in [-0.39, 0.29) is 25.0 Å². The molecule has 196 valence electrons. The van der Waals surface area contributed by atoms with E-state index in [4.69, 9.17) is 5.10 Å². The Labute approximate surface area is 220 Å². The first-order valence-electron chi connectivity index (χ1n) is 13.3. The first-order chi connectivity index (χ1) is 18.4. The van der Waals surface area contributed by atoms with E-state index in [1.165, 1.54) is 0 Å². The van der Waals surface area contributed by atoms with Gasteiger partial charge in [-0.15, -0.1) is 0 Å². The summed E-state index contributed by atoms with van der Waals surface area (Å²) in [5, 5.41) is 9.16. The van der Waals surface area contributed by atoms with Gasteiger partial charge >= 0.3 is 0 Å². The zero-order chi connectivity index (χ0) is 26.1. The van der Waals surface area contributed by atoms with Crippen LogP contribution in [0.2, 0.25) is 0 Å². The molecule has 0 bridgehead atoms. The molecule has 38 heavy (non-hydrogen) atoms. The number of hydrogen-bond donors (Lipinski definition) is 1. The third kappa shape index (κ3) is 5.18. The highest BCUT2D eigenvalue weighted by Gasteiger charge is 2.47. The van der Waals surface area contributed by atoms with Crippen molar-refractivity contribution in [3.05, 3.63) is 84.3 Å². The number of aromatic nitrogens is 3. The Morgan fingerprint density at radius 3 is 2.45 bits per heavy atom. The zero-order valence-electron chi connectivity index (χ0n) is 21.2. The third-order valence-corrected chi connectivity index (χ3v) is 7.84. The SMILES string of the molecule is O=C(CCc1cccnc1)Nc1ccc(-n2nc(C3CCC(N4CC(F)(F)C4)CC3)c3ccccc32)cc1. The Kier molecular flexibility index (Phi) is 6.66. The smallest absolute Gasteiger partial charge is 0.272 e. The van der Waals surface area contributed by atoms with Gasteiger partial charge in [0, 0.05) is 41.8 Å². The molecule has 8 heteroatoms. The standard InChI is InChI=1S/C30H31F2N5O/c31-30(32)19-36(20-30)24-12-8-22(9-13-24)29-26-5-1-2-6-27(26)37(35-29)25-14-10-23(11-15-25)34-28(38)16-7-21-4-3-17-33-18-21/h1-6,10-11,14-15,17-18,22,24H,7-9,12-13,16,19-20H2,(H,34,38). The molecule has 2 aliphatic rings. The summed E-state index contributed by atoms with van der Waals surface area (Å²) >= 11 is 0. The van der Waals surface area contributed by atoms with Crippen molar-refractivity contribution in [1.29, 1.82) is 0 Å². The molecule has 4 aromatic rings. The molecule has 1 N–H and O–H groups in total. The monoisotopic (exact) mass is 515 g/mol. The van der Waals surface area contributed by atoms with Gasteiger partial charge in [-0.1, -0.05) is 24.3 Å². The molecule has 3 heterocycles. The first-order valence-corrected chi connectivity index (χ1v) is 13.3. The Morgan fingerprint density at radius 2 is 1.74 bits per heavy atom. The Hall–Kier alpha value is -3.65. The number of carbonyl (C=O) groups is 1. The summed E-state index contributed by atoms with van der Waals surface area (Å²) in [5.41, 5.74) is 4.84. The van der Waals surface area contributed by atoms with E-state index in [1.807, 2.05) is 58.1 Å². The van der Waals surface area contributed by atoms with E-state index in [0.29, 0.717) is 18.8 Å². The average molecular weight is 516 g/mol. The molecule has 6 rings (SSSR count). The van der Waals surface area contributed by atoms with Crippen molar-refractivity contribution in [2.75, 3.05) is 18.4 Å². The minimum atomic E-state index is -2.51. The topological polar surface area (TPSA) is 63.1 Å². The lowest BCUT2D eigenvalue weighted by atomic mass is 9.81. The average Bonchev–Trinajstić information content (AvgIpc) is 3.31. The maximum atomic E-state index is 13.3. The molecular formula is C30H31F2N5O. The van der Waals surface area contributed by atoms with Crippen molar-refractivity contribution in [2.45, 2.75) is 56.4 Å². The number of carbonyl (C=O) groups excluding carboxylic acids is 1. The molecule has 1 aliphatic carbocycles. The number of para-hydroxylation sites is 1. The van der Waals surface area contributed by atoms with E-state index in [1.54, 1.807) is 12.4 Å². The van der Waals surface area contributed by atoms with Crippen molar-refractivity contribution in [2.24, 2.45) is 0 Å². The molecule has 1 aliphatic heterocycles. The van der Waals surface area contributed by atoms with Gasteiger partial charge in [0.1, 0.15) is 0 Å². The second kappa shape index (κ2) is 10.3. The summed E-state index contributed by atoms with van der Waals surface area (Å²) in [6.45, 7) is -0.193. The Bertz CT molecular complexity index is 1400. The number of rotatable bonds is 7. The maximum Gasteiger partial charge on any atom is 0.272 e. The highest BCUT2D eigenvalue weighted by molar-refractivity contribution is 5.91. The molecule has 2 aromatic heterocycles. The number of alkyl halides is 2. The predicted octanol–water partition coefficient (Wildman–Crippen LogP) is 5.97. The number of likely N-dealkylation sites (tertiary alicyclic amines) is 1. The van der Waals surface area contributed by atoms with Crippen LogP contribution in [0.3, 0.4) is 0 Å². The van der Waals surface area contributed by atoms with Gasteiger partial charge in [0.15, 0.2) is 0 Å². The minimum Gasteiger partial charge on any atom is -0.326 e. The van der Waals surface area contributed by atoms with E-state index < -0.39 is 5.92 Å². The quantitative estimate of drug-likeness (QED) is 0.330. The molecule has 0 atom stereocenters. The largest absolute Gasteiger partial charge is 0.326 e. The summed E-state index contributed by atoms with van der Waals surface area (Å²) in [7, 11) is 0. The van der Waals surface area contributed by atoms with Crippen LogP contribution in [-0.2, 0) is 11.2 Å². The number of fused-ring (bicyclic) bond motifs is 1. The number of halogens is 2. The van der Waals surface area contributed by atoms with Gasteiger partial charge < -0.3 is 5.32 Å². The number of aryl methyl sites for hydroxylation is 1. The molecule has 0 radical (unpaired) electrons. The van der Waals surface area contributed by atoms with Crippen LogP contribution >= 0.6 is 0 Å². The van der Waals surface area contributed by atoms with Crippen LogP contribution in [0.4, 0.5) is 14.5 Å². The lowest BCUT2D eigenvalue weighted by Gasteiger charge is -2.46. The fourth-order valence-electron chi connectivity index (χ4n) is 5.82. The van der Waals surface area contributed by atoms with Gasteiger partial charge in [0.2, 0.25) is 5.91 Å². The van der Waals surface area contributed by atoms with Gasteiger partial charge in [-0.3, -0.25) is 14.7 Å². The van der Waals surface area contributed by atoms with Crippen LogP contribution < -0.4 is 5.32 Å². The lowest BCUT2D eigenvalue weighted by molar-refractivity contribution is -0.150. The van der Waals surface area contributed by atoms with E-state index in [9.17, 15) is 13.6 Å². The fraction of sp³-hybridized carbons (Fsp3) is 0.367. The molecule has 1 saturated heterocycles. The number of benzene rings is 2.